The number of aromatic nitrogens is 1. The minimum absolute atomic E-state index is 0.128. The smallest absolute Gasteiger partial charge is 0.273 e. The molecule has 0 aliphatic carbocycles. The molecule has 1 N–H and O–H groups in total. The normalized spacial score (nSPS) is 11.6. The molecule has 0 atom stereocenters. The van der Waals surface area contributed by atoms with E-state index >= 15 is 0 Å². The third-order valence-corrected chi connectivity index (χ3v) is 4.32. The first-order chi connectivity index (χ1) is 9.60. The first kappa shape index (κ1) is 16.7. The molecular weight excluding hydrogens is 252 g/mol. The van der Waals surface area contributed by atoms with Gasteiger partial charge in [-0.15, -0.1) is 0 Å². The Labute approximate surface area is 122 Å². The van der Waals surface area contributed by atoms with Crippen molar-refractivity contribution in [2.75, 3.05) is 6.54 Å². The molecule has 0 aliphatic heterocycles. The molecule has 1 heterocycles. The number of unbranched alkanes of at least 4 members (excludes halogenated alkanes) is 1. The third kappa shape index (κ3) is 4.36. The lowest BCUT2D eigenvalue weighted by molar-refractivity contribution is 0.0911. The average Bonchev–Trinajstić information content (AvgIpc) is 2.97. The van der Waals surface area contributed by atoms with E-state index in [4.69, 9.17) is 4.52 Å². The van der Waals surface area contributed by atoms with Crippen molar-refractivity contribution in [2.24, 2.45) is 5.41 Å². The molecule has 0 aromatic carbocycles. The summed E-state index contributed by atoms with van der Waals surface area (Å²) in [5.74, 6) is 0.620. The molecule has 0 unspecified atom stereocenters. The molecule has 1 amide bonds. The minimum Gasteiger partial charge on any atom is -0.361 e. The zero-order valence-corrected chi connectivity index (χ0v) is 13.3. The van der Waals surface area contributed by atoms with Crippen molar-refractivity contribution in [1.82, 2.24) is 10.5 Å². The van der Waals surface area contributed by atoms with E-state index in [-0.39, 0.29) is 11.3 Å². The second-order valence-corrected chi connectivity index (χ2v) is 5.53. The fourth-order valence-corrected chi connectivity index (χ4v) is 2.44. The van der Waals surface area contributed by atoms with Crippen LogP contribution in [-0.4, -0.2) is 17.6 Å². The lowest BCUT2D eigenvalue weighted by Crippen LogP contribution is -2.37. The molecule has 0 saturated carbocycles. The van der Waals surface area contributed by atoms with Crippen LogP contribution in [0.4, 0.5) is 0 Å². The van der Waals surface area contributed by atoms with Crippen molar-refractivity contribution in [3.63, 3.8) is 0 Å². The van der Waals surface area contributed by atoms with Crippen molar-refractivity contribution in [3.05, 3.63) is 17.5 Å². The molecule has 1 aromatic heterocycles. The van der Waals surface area contributed by atoms with Crippen molar-refractivity contribution in [3.8, 4) is 0 Å². The van der Waals surface area contributed by atoms with Gasteiger partial charge in [0.2, 0.25) is 0 Å². The quantitative estimate of drug-likeness (QED) is 0.744. The molecule has 0 radical (unpaired) electrons. The molecule has 1 aromatic rings. The van der Waals surface area contributed by atoms with Gasteiger partial charge in [0, 0.05) is 19.0 Å². The number of amides is 1. The van der Waals surface area contributed by atoms with Crippen molar-refractivity contribution < 1.29 is 9.32 Å². The number of nitrogens with zero attached hydrogens (tertiary/aromatic N) is 1. The Morgan fingerprint density at radius 3 is 2.50 bits per heavy atom. The summed E-state index contributed by atoms with van der Waals surface area (Å²) in [4.78, 5) is 12.1. The molecule has 20 heavy (non-hydrogen) atoms. The minimum atomic E-state index is -0.128. The van der Waals surface area contributed by atoms with Crippen LogP contribution in [0.5, 0.6) is 0 Å². The van der Waals surface area contributed by atoms with Crippen molar-refractivity contribution >= 4 is 5.91 Å². The van der Waals surface area contributed by atoms with Crippen LogP contribution in [0.25, 0.3) is 0 Å². The zero-order chi connectivity index (χ0) is 15.0. The van der Waals surface area contributed by atoms with E-state index in [2.05, 4.69) is 31.2 Å². The fourth-order valence-electron chi connectivity index (χ4n) is 2.44. The third-order valence-electron chi connectivity index (χ3n) is 4.32. The van der Waals surface area contributed by atoms with Gasteiger partial charge in [-0.1, -0.05) is 45.7 Å². The first-order valence-corrected chi connectivity index (χ1v) is 7.84. The van der Waals surface area contributed by atoms with Crippen LogP contribution in [0, 0.1) is 5.41 Å². The molecule has 0 fully saturated rings. The predicted molar refractivity (Wildman–Crippen MR) is 80.8 cm³/mol. The SMILES string of the molecule is CCCCC(CC)(CC)CNC(=O)c1cc(CC)on1. The molecule has 0 saturated heterocycles. The Bertz CT molecular complexity index is 408. The van der Waals surface area contributed by atoms with E-state index < -0.39 is 0 Å². The maximum Gasteiger partial charge on any atom is 0.273 e. The van der Waals surface area contributed by atoms with Gasteiger partial charge in [0.05, 0.1) is 0 Å². The Morgan fingerprint density at radius 1 is 1.30 bits per heavy atom. The van der Waals surface area contributed by atoms with Gasteiger partial charge in [0.15, 0.2) is 5.69 Å². The summed E-state index contributed by atoms with van der Waals surface area (Å²) in [6, 6.07) is 1.72. The zero-order valence-electron chi connectivity index (χ0n) is 13.3. The average molecular weight is 280 g/mol. The topological polar surface area (TPSA) is 55.1 Å². The molecule has 114 valence electrons. The van der Waals surface area contributed by atoms with E-state index in [1.807, 2.05) is 6.92 Å². The number of aryl methyl sites for hydroxylation is 1. The van der Waals surface area contributed by atoms with Gasteiger partial charge in [-0.05, 0) is 24.7 Å². The van der Waals surface area contributed by atoms with Crippen LogP contribution in [0.15, 0.2) is 10.6 Å². The van der Waals surface area contributed by atoms with Gasteiger partial charge in [-0.3, -0.25) is 4.79 Å². The highest BCUT2D eigenvalue weighted by molar-refractivity contribution is 5.92. The van der Waals surface area contributed by atoms with Crippen LogP contribution in [-0.2, 0) is 6.42 Å². The number of rotatable bonds is 9. The van der Waals surface area contributed by atoms with Gasteiger partial charge in [-0.25, -0.2) is 0 Å². The standard InChI is InChI=1S/C16H28N2O2/c1-5-9-10-16(7-3,8-4)12-17-15(19)14-11-13(6-2)20-18-14/h11H,5-10,12H2,1-4H3,(H,17,19). The summed E-state index contributed by atoms with van der Waals surface area (Å²) in [5.41, 5.74) is 0.599. The van der Waals surface area contributed by atoms with Crippen LogP contribution in [0.3, 0.4) is 0 Å². The van der Waals surface area contributed by atoms with Crippen molar-refractivity contribution in [2.45, 2.75) is 66.2 Å². The number of carbonyl (C=O) groups is 1. The van der Waals surface area contributed by atoms with Gasteiger partial charge in [0.25, 0.3) is 5.91 Å². The summed E-state index contributed by atoms with van der Waals surface area (Å²) in [7, 11) is 0. The maximum atomic E-state index is 12.1. The van der Waals surface area contributed by atoms with E-state index in [9.17, 15) is 4.79 Å². The van der Waals surface area contributed by atoms with Gasteiger partial charge < -0.3 is 9.84 Å². The maximum absolute atomic E-state index is 12.1. The molecule has 0 aliphatic rings. The number of hydrogen-bond acceptors (Lipinski definition) is 3. The molecule has 0 spiro atoms. The monoisotopic (exact) mass is 280 g/mol. The summed E-state index contributed by atoms with van der Waals surface area (Å²) in [6.45, 7) is 9.31. The largest absolute Gasteiger partial charge is 0.361 e. The van der Waals surface area contributed by atoms with E-state index in [0.717, 1.165) is 31.4 Å². The van der Waals surface area contributed by atoms with Crippen LogP contribution in [0.1, 0.15) is 76.0 Å². The van der Waals surface area contributed by atoms with Gasteiger partial charge in [-0.2, -0.15) is 0 Å². The molecule has 4 nitrogen and oxygen atoms in total. The fraction of sp³-hybridized carbons (Fsp3) is 0.750. The number of nitrogens with one attached hydrogen (secondary N) is 1. The lowest BCUT2D eigenvalue weighted by atomic mass is 9.78. The lowest BCUT2D eigenvalue weighted by Gasteiger charge is -2.31. The van der Waals surface area contributed by atoms with Crippen molar-refractivity contribution in [1.29, 1.82) is 0 Å². The van der Waals surface area contributed by atoms with Crippen LogP contribution in [0.2, 0.25) is 0 Å². The molecule has 0 bridgehead atoms. The summed E-state index contributed by atoms with van der Waals surface area (Å²) < 4.78 is 5.07. The Morgan fingerprint density at radius 2 is 2.00 bits per heavy atom. The van der Waals surface area contributed by atoms with Gasteiger partial charge in [0.1, 0.15) is 5.76 Å². The summed E-state index contributed by atoms with van der Waals surface area (Å²) in [5, 5.41) is 6.84. The summed E-state index contributed by atoms with van der Waals surface area (Å²) in [6.07, 6.45) is 6.49. The highest BCUT2D eigenvalue weighted by Gasteiger charge is 2.26. The van der Waals surface area contributed by atoms with Crippen LogP contribution < -0.4 is 5.32 Å². The van der Waals surface area contributed by atoms with E-state index in [1.165, 1.54) is 12.8 Å². The number of hydrogen-bond donors (Lipinski definition) is 1. The Kier molecular flexibility index (Phi) is 6.76. The molecular formula is C16H28N2O2. The second-order valence-electron chi connectivity index (χ2n) is 5.53. The first-order valence-electron chi connectivity index (χ1n) is 7.84. The molecule has 4 heteroatoms. The Balaban J connectivity index is 2.60. The van der Waals surface area contributed by atoms with Crippen LogP contribution >= 0.6 is 0 Å². The highest BCUT2D eigenvalue weighted by Crippen LogP contribution is 2.31. The van der Waals surface area contributed by atoms with E-state index in [1.54, 1.807) is 6.07 Å². The molecule has 1 rings (SSSR count). The predicted octanol–water partition coefficient (Wildman–Crippen LogP) is 3.96. The Hall–Kier alpha value is -1.32. The second kappa shape index (κ2) is 8.08. The summed E-state index contributed by atoms with van der Waals surface area (Å²) >= 11 is 0. The number of carbonyl (C=O) groups excluding carboxylic acids is 1. The highest BCUT2D eigenvalue weighted by atomic mass is 16.5. The van der Waals surface area contributed by atoms with Gasteiger partial charge >= 0.3 is 0 Å². The van der Waals surface area contributed by atoms with E-state index in [0.29, 0.717) is 12.2 Å².